The molecule has 0 unspecified atom stereocenters. The Kier molecular flexibility index (Phi) is 6.57. The van der Waals surface area contributed by atoms with Crippen molar-refractivity contribution in [1.29, 1.82) is 0 Å². The largest absolute Gasteiger partial charge is 0.484 e. The first-order valence-electron chi connectivity index (χ1n) is 8.18. The predicted molar refractivity (Wildman–Crippen MR) is 96.7 cm³/mol. The van der Waals surface area contributed by atoms with Crippen LogP contribution in [0.25, 0.3) is 0 Å². The van der Waals surface area contributed by atoms with Crippen LogP contribution in [0.15, 0.2) is 24.3 Å². The number of hydrogen-bond donors (Lipinski definition) is 2. The Morgan fingerprint density at radius 2 is 1.81 bits per heavy atom. The minimum absolute atomic E-state index is 0.0542. The van der Waals surface area contributed by atoms with E-state index in [2.05, 4.69) is 5.32 Å². The molecule has 0 spiro atoms. The van der Waals surface area contributed by atoms with E-state index in [1.54, 1.807) is 38.4 Å². The molecule has 0 bridgehead atoms. The number of amides is 2. The fraction of sp³-hybridized carbons (Fsp3) is 0.500. The number of hydrogen-bond acceptors (Lipinski definition) is 5. The Morgan fingerprint density at radius 3 is 2.31 bits per heavy atom. The maximum atomic E-state index is 12.3. The summed E-state index contributed by atoms with van der Waals surface area (Å²) in [6.45, 7) is 0.425. The molecule has 1 aromatic carbocycles. The van der Waals surface area contributed by atoms with Crippen molar-refractivity contribution in [2.24, 2.45) is 11.1 Å². The molecule has 2 rings (SSSR count). The van der Waals surface area contributed by atoms with E-state index >= 15 is 0 Å². The zero-order valence-electron chi connectivity index (χ0n) is 14.8. The van der Waals surface area contributed by atoms with Crippen LogP contribution >= 0.6 is 0 Å². The third-order valence-electron chi connectivity index (χ3n) is 4.17. The quantitative estimate of drug-likeness (QED) is 0.715. The molecular formula is C16H24N4O5S. The molecule has 0 saturated carbocycles. The fourth-order valence-corrected chi connectivity index (χ4v) is 3.25. The van der Waals surface area contributed by atoms with Gasteiger partial charge in [0.2, 0.25) is 5.91 Å². The van der Waals surface area contributed by atoms with Crippen LogP contribution in [0.4, 0.5) is 5.69 Å². The average molecular weight is 384 g/mol. The number of anilines is 1. The molecule has 2 amide bonds. The van der Waals surface area contributed by atoms with Crippen molar-refractivity contribution < 1.29 is 22.7 Å². The van der Waals surface area contributed by atoms with E-state index < -0.39 is 10.2 Å². The fourth-order valence-electron chi connectivity index (χ4n) is 2.53. The molecule has 10 heteroatoms. The lowest BCUT2D eigenvalue weighted by molar-refractivity contribution is -0.130. The first-order chi connectivity index (χ1) is 12.2. The Morgan fingerprint density at radius 1 is 1.23 bits per heavy atom. The summed E-state index contributed by atoms with van der Waals surface area (Å²) < 4.78 is 29.1. The zero-order valence-corrected chi connectivity index (χ0v) is 15.7. The summed E-state index contributed by atoms with van der Waals surface area (Å²) in [5, 5.41) is 7.90. The number of rotatable bonds is 6. The molecule has 1 fully saturated rings. The second kappa shape index (κ2) is 8.47. The summed E-state index contributed by atoms with van der Waals surface area (Å²) in [4.78, 5) is 25.2. The molecule has 0 radical (unpaired) electrons. The third kappa shape index (κ3) is 5.68. The molecular weight excluding hydrogens is 360 g/mol. The minimum Gasteiger partial charge on any atom is -0.484 e. The van der Waals surface area contributed by atoms with Crippen molar-refractivity contribution in [3.8, 4) is 5.75 Å². The van der Waals surface area contributed by atoms with E-state index in [9.17, 15) is 18.0 Å². The number of ether oxygens (including phenoxy) is 1. The van der Waals surface area contributed by atoms with Gasteiger partial charge in [0.15, 0.2) is 6.61 Å². The molecule has 0 aromatic heterocycles. The molecule has 1 aliphatic rings. The highest BCUT2D eigenvalue weighted by molar-refractivity contribution is 7.86. The Hall–Kier alpha value is -2.17. The molecule has 0 aliphatic carbocycles. The highest BCUT2D eigenvalue weighted by Crippen LogP contribution is 2.21. The van der Waals surface area contributed by atoms with Gasteiger partial charge < -0.3 is 15.0 Å². The molecule has 0 atom stereocenters. The maximum Gasteiger partial charge on any atom is 0.276 e. The van der Waals surface area contributed by atoms with Crippen LogP contribution in [0.3, 0.4) is 0 Å². The van der Waals surface area contributed by atoms with Gasteiger partial charge in [0.25, 0.3) is 16.1 Å². The highest BCUT2D eigenvalue weighted by Gasteiger charge is 2.29. The van der Waals surface area contributed by atoms with Gasteiger partial charge in [0.1, 0.15) is 5.75 Å². The second-order valence-corrected chi connectivity index (χ2v) is 7.86. The monoisotopic (exact) mass is 384 g/mol. The Balaban J connectivity index is 1.83. The number of nitrogens with two attached hydrogens (primary N) is 1. The molecule has 1 heterocycles. The van der Waals surface area contributed by atoms with Crippen LogP contribution in [0.2, 0.25) is 0 Å². The highest BCUT2D eigenvalue weighted by atomic mass is 32.2. The predicted octanol–water partition coefficient (Wildman–Crippen LogP) is 0.00760. The molecule has 1 aliphatic heterocycles. The molecule has 1 saturated heterocycles. The van der Waals surface area contributed by atoms with E-state index in [0.29, 0.717) is 24.3 Å². The van der Waals surface area contributed by atoms with Crippen LogP contribution in [-0.4, -0.2) is 63.2 Å². The number of carbonyl (C=O) groups excluding carboxylic acids is 2. The SMILES string of the molecule is CN(C)C(=O)COc1ccc(NC(=O)C2CCN(S(N)(=O)=O)CC2)cc1. The van der Waals surface area contributed by atoms with Crippen molar-refractivity contribution in [3.05, 3.63) is 24.3 Å². The lowest BCUT2D eigenvalue weighted by Gasteiger charge is -2.29. The molecule has 1 aromatic rings. The van der Waals surface area contributed by atoms with Gasteiger partial charge in [-0.05, 0) is 37.1 Å². The number of carbonyl (C=O) groups is 2. The third-order valence-corrected chi connectivity index (χ3v) is 5.25. The minimum atomic E-state index is -3.70. The van der Waals surface area contributed by atoms with Gasteiger partial charge in [0.05, 0.1) is 0 Å². The summed E-state index contributed by atoms with van der Waals surface area (Å²) in [5.41, 5.74) is 0.607. The van der Waals surface area contributed by atoms with Crippen LogP contribution in [0, 0.1) is 5.92 Å². The Labute approximate surface area is 153 Å². The summed E-state index contributed by atoms with van der Waals surface area (Å²) in [6.07, 6.45) is 0.853. The van der Waals surface area contributed by atoms with Crippen LogP contribution < -0.4 is 15.2 Å². The van der Waals surface area contributed by atoms with Crippen molar-refractivity contribution in [3.63, 3.8) is 0 Å². The number of likely N-dealkylation sites (N-methyl/N-ethyl adjacent to an activating group) is 1. The van der Waals surface area contributed by atoms with Crippen molar-refractivity contribution in [2.45, 2.75) is 12.8 Å². The van der Waals surface area contributed by atoms with Gasteiger partial charge in [-0.15, -0.1) is 0 Å². The first kappa shape index (κ1) is 20.1. The molecule has 144 valence electrons. The van der Waals surface area contributed by atoms with Crippen molar-refractivity contribution in [1.82, 2.24) is 9.21 Å². The summed E-state index contributed by atoms with van der Waals surface area (Å²) in [7, 11) is -0.394. The second-order valence-electron chi connectivity index (χ2n) is 6.31. The van der Waals surface area contributed by atoms with Gasteiger partial charge >= 0.3 is 0 Å². The van der Waals surface area contributed by atoms with Gasteiger partial charge in [-0.2, -0.15) is 12.7 Å². The lowest BCUT2D eigenvalue weighted by atomic mass is 9.97. The van der Waals surface area contributed by atoms with E-state index in [-0.39, 0.29) is 37.4 Å². The summed E-state index contributed by atoms with van der Waals surface area (Å²) >= 11 is 0. The summed E-state index contributed by atoms with van der Waals surface area (Å²) in [6, 6.07) is 6.71. The summed E-state index contributed by atoms with van der Waals surface area (Å²) in [5.74, 6) is -0.0370. The van der Waals surface area contributed by atoms with E-state index in [1.807, 2.05) is 0 Å². The van der Waals surface area contributed by atoms with Crippen molar-refractivity contribution in [2.75, 3.05) is 39.1 Å². The standard InChI is InChI=1S/C16H24N4O5S/c1-19(2)15(21)11-25-14-5-3-13(4-6-14)18-16(22)12-7-9-20(10-8-12)26(17,23)24/h3-6,12H,7-11H2,1-2H3,(H,18,22)(H2,17,23,24). The van der Waals surface area contributed by atoms with Gasteiger partial charge in [-0.1, -0.05) is 0 Å². The average Bonchev–Trinajstić information content (AvgIpc) is 2.60. The maximum absolute atomic E-state index is 12.3. The first-order valence-corrected chi connectivity index (χ1v) is 9.69. The zero-order chi connectivity index (χ0) is 19.3. The molecule has 3 N–H and O–H groups in total. The topological polar surface area (TPSA) is 122 Å². The molecule has 26 heavy (non-hydrogen) atoms. The van der Waals surface area contributed by atoms with Crippen molar-refractivity contribution >= 4 is 27.7 Å². The Bertz CT molecular complexity index is 740. The van der Waals surface area contributed by atoms with E-state index in [1.165, 1.54) is 9.21 Å². The van der Waals surface area contributed by atoms with Crippen LogP contribution in [0.5, 0.6) is 5.75 Å². The number of benzene rings is 1. The number of piperidine rings is 1. The van der Waals surface area contributed by atoms with E-state index in [4.69, 9.17) is 9.88 Å². The lowest BCUT2D eigenvalue weighted by Crippen LogP contribution is -2.44. The number of nitrogens with zero attached hydrogens (tertiary/aromatic N) is 2. The molecule has 9 nitrogen and oxygen atoms in total. The van der Waals surface area contributed by atoms with Crippen LogP contribution in [-0.2, 0) is 19.8 Å². The number of nitrogens with one attached hydrogen (secondary N) is 1. The van der Waals surface area contributed by atoms with Gasteiger partial charge in [-0.25, -0.2) is 5.14 Å². The smallest absolute Gasteiger partial charge is 0.276 e. The van der Waals surface area contributed by atoms with Gasteiger partial charge in [-0.3, -0.25) is 9.59 Å². The normalized spacial score (nSPS) is 16.1. The van der Waals surface area contributed by atoms with Crippen LogP contribution in [0.1, 0.15) is 12.8 Å². The van der Waals surface area contributed by atoms with Gasteiger partial charge in [0, 0.05) is 38.8 Å². The van der Waals surface area contributed by atoms with E-state index in [0.717, 1.165) is 0 Å².